The Morgan fingerprint density at radius 1 is 1.57 bits per heavy atom. The van der Waals surface area contributed by atoms with E-state index in [1.54, 1.807) is 23.9 Å². The highest BCUT2D eigenvalue weighted by molar-refractivity contribution is 7.99. The summed E-state index contributed by atoms with van der Waals surface area (Å²) in [5.41, 5.74) is 2.79. The molecular weight excluding hydrogens is 311 g/mol. The van der Waals surface area contributed by atoms with Crippen LogP contribution in [0.5, 0.6) is 0 Å². The van der Waals surface area contributed by atoms with Crippen LogP contribution in [-0.4, -0.2) is 22.9 Å². The fourth-order valence-electron chi connectivity index (χ4n) is 2.04. The van der Waals surface area contributed by atoms with Gasteiger partial charge in [0.2, 0.25) is 0 Å². The molecule has 0 aliphatic rings. The molecule has 0 aliphatic heterocycles. The number of thiophene rings is 1. The normalized spacial score (nSPS) is 12.6. The van der Waals surface area contributed by atoms with Crippen LogP contribution < -0.4 is 11.3 Å². The summed E-state index contributed by atoms with van der Waals surface area (Å²) < 4.78 is 14.8. The molecule has 4 nitrogen and oxygen atoms in total. The Labute approximate surface area is 130 Å². The molecule has 21 heavy (non-hydrogen) atoms. The van der Waals surface area contributed by atoms with Crippen molar-refractivity contribution in [3.05, 3.63) is 34.5 Å². The molecule has 1 atom stereocenters. The fourth-order valence-corrected chi connectivity index (χ4v) is 4.29. The van der Waals surface area contributed by atoms with Gasteiger partial charge in [0, 0.05) is 27.7 Å². The van der Waals surface area contributed by atoms with Gasteiger partial charge >= 0.3 is 0 Å². The Balaban J connectivity index is 2.40. The molecule has 0 aliphatic carbocycles. The number of hydrazine groups is 1. The van der Waals surface area contributed by atoms with Gasteiger partial charge in [0.25, 0.3) is 5.91 Å². The number of carbonyl (C=O) groups excluding carboxylic acids is 1. The number of rotatable bonds is 6. The number of aliphatic hydroxyl groups is 1. The molecule has 1 amide bonds. The Morgan fingerprint density at radius 2 is 2.33 bits per heavy atom. The second-order valence-corrected chi connectivity index (χ2v) is 7.11. The van der Waals surface area contributed by atoms with E-state index < -0.39 is 5.91 Å². The van der Waals surface area contributed by atoms with Gasteiger partial charge in [-0.1, -0.05) is 13.0 Å². The van der Waals surface area contributed by atoms with E-state index in [1.807, 2.05) is 6.92 Å². The average molecular weight is 328 g/mol. The summed E-state index contributed by atoms with van der Waals surface area (Å²) in [6.07, 6.45) is 0.660. The number of halogens is 1. The minimum atomic E-state index is -0.402. The third-order valence-electron chi connectivity index (χ3n) is 3.15. The molecule has 1 heterocycles. The molecule has 114 valence electrons. The quantitative estimate of drug-likeness (QED) is 0.433. The highest BCUT2D eigenvalue weighted by Crippen LogP contribution is 2.36. The molecule has 2 aromatic rings. The molecule has 1 unspecified atom stereocenters. The second-order valence-electron chi connectivity index (χ2n) is 4.63. The van der Waals surface area contributed by atoms with Crippen LogP contribution in [-0.2, 0) is 5.75 Å². The summed E-state index contributed by atoms with van der Waals surface area (Å²) in [7, 11) is 0. The van der Waals surface area contributed by atoms with Gasteiger partial charge in [0.05, 0.1) is 4.88 Å². The monoisotopic (exact) mass is 328 g/mol. The molecular formula is C14H17FN2O2S2. The van der Waals surface area contributed by atoms with E-state index in [0.717, 1.165) is 4.70 Å². The predicted molar refractivity (Wildman–Crippen MR) is 85.9 cm³/mol. The molecule has 0 radical (unpaired) electrons. The topological polar surface area (TPSA) is 75.3 Å². The Hall–Kier alpha value is -1.15. The maximum Gasteiger partial charge on any atom is 0.275 e. The van der Waals surface area contributed by atoms with E-state index in [0.29, 0.717) is 28.0 Å². The SMILES string of the molecule is CC(CCO)SCc1c(C(=O)NN)sc2cccc(F)c12. The lowest BCUT2D eigenvalue weighted by atomic mass is 10.1. The molecule has 0 bridgehead atoms. The average Bonchev–Trinajstić information content (AvgIpc) is 2.84. The molecule has 0 saturated heterocycles. The fraction of sp³-hybridized carbons (Fsp3) is 0.357. The van der Waals surface area contributed by atoms with E-state index in [9.17, 15) is 9.18 Å². The van der Waals surface area contributed by atoms with Crippen molar-refractivity contribution >= 4 is 39.1 Å². The van der Waals surface area contributed by atoms with Crippen molar-refractivity contribution in [1.82, 2.24) is 5.43 Å². The first-order valence-electron chi connectivity index (χ1n) is 6.51. The van der Waals surface area contributed by atoms with Crippen molar-refractivity contribution in [3.8, 4) is 0 Å². The summed E-state index contributed by atoms with van der Waals surface area (Å²) in [5.74, 6) is 4.98. The molecule has 2 rings (SSSR count). The third kappa shape index (κ3) is 3.55. The molecule has 7 heteroatoms. The first kappa shape index (κ1) is 16.2. The number of nitrogen functional groups attached to an aromatic ring is 1. The van der Waals surface area contributed by atoms with Crippen LogP contribution in [0.15, 0.2) is 18.2 Å². The van der Waals surface area contributed by atoms with Crippen molar-refractivity contribution in [2.75, 3.05) is 6.61 Å². The van der Waals surface area contributed by atoms with Crippen LogP contribution in [0.2, 0.25) is 0 Å². The Bertz CT molecular complexity index is 645. The van der Waals surface area contributed by atoms with Gasteiger partial charge in [-0.05, 0) is 24.1 Å². The lowest BCUT2D eigenvalue weighted by Crippen LogP contribution is -2.29. The van der Waals surface area contributed by atoms with Crippen LogP contribution >= 0.6 is 23.1 Å². The maximum absolute atomic E-state index is 14.1. The van der Waals surface area contributed by atoms with Crippen molar-refractivity contribution in [1.29, 1.82) is 0 Å². The van der Waals surface area contributed by atoms with Crippen molar-refractivity contribution < 1.29 is 14.3 Å². The highest BCUT2D eigenvalue weighted by Gasteiger charge is 2.20. The summed E-state index contributed by atoms with van der Waals surface area (Å²) >= 11 is 2.82. The second kappa shape index (κ2) is 7.22. The van der Waals surface area contributed by atoms with Crippen LogP contribution in [0.25, 0.3) is 10.1 Å². The van der Waals surface area contributed by atoms with Crippen molar-refractivity contribution in [2.24, 2.45) is 5.84 Å². The van der Waals surface area contributed by atoms with Crippen LogP contribution in [0.4, 0.5) is 4.39 Å². The number of aliphatic hydroxyl groups excluding tert-OH is 1. The van der Waals surface area contributed by atoms with Gasteiger partial charge in [0.15, 0.2) is 0 Å². The molecule has 1 aromatic carbocycles. The number of amides is 1. The minimum absolute atomic E-state index is 0.114. The van der Waals surface area contributed by atoms with E-state index in [-0.39, 0.29) is 17.7 Å². The molecule has 0 fully saturated rings. The first-order valence-corrected chi connectivity index (χ1v) is 8.38. The van der Waals surface area contributed by atoms with E-state index >= 15 is 0 Å². The van der Waals surface area contributed by atoms with Gasteiger partial charge in [-0.25, -0.2) is 10.2 Å². The van der Waals surface area contributed by atoms with Gasteiger partial charge in [-0.2, -0.15) is 11.8 Å². The van der Waals surface area contributed by atoms with E-state index in [4.69, 9.17) is 10.9 Å². The molecule has 0 saturated carbocycles. The number of benzene rings is 1. The minimum Gasteiger partial charge on any atom is -0.396 e. The van der Waals surface area contributed by atoms with Gasteiger partial charge in [-0.3, -0.25) is 10.2 Å². The number of hydrogen-bond donors (Lipinski definition) is 3. The zero-order valence-electron chi connectivity index (χ0n) is 11.6. The van der Waals surface area contributed by atoms with Gasteiger partial charge < -0.3 is 5.11 Å². The molecule has 1 aromatic heterocycles. The van der Waals surface area contributed by atoms with Crippen LogP contribution in [0.1, 0.15) is 28.6 Å². The standard InChI is InChI=1S/C14H17FN2O2S2/c1-8(5-6-18)20-7-9-12-10(15)3-2-4-11(12)21-13(9)14(19)17-16/h2-4,8,18H,5-7,16H2,1H3,(H,17,19). The smallest absolute Gasteiger partial charge is 0.275 e. The Morgan fingerprint density at radius 3 is 3.00 bits per heavy atom. The number of carbonyl (C=O) groups is 1. The maximum atomic E-state index is 14.1. The number of nitrogens with one attached hydrogen (secondary N) is 1. The summed E-state index contributed by atoms with van der Waals surface area (Å²) in [5, 5.41) is 9.66. The highest BCUT2D eigenvalue weighted by atomic mass is 32.2. The summed E-state index contributed by atoms with van der Waals surface area (Å²) in [4.78, 5) is 12.3. The molecule has 4 N–H and O–H groups in total. The number of thioether (sulfide) groups is 1. The lowest BCUT2D eigenvalue weighted by Gasteiger charge is -2.10. The number of nitrogens with two attached hydrogens (primary N) is 1. The number of hydrogen-bond acceptors (Lipinski definition) is 5. The zero-order chi connectivity index (χ0) is 15.4. The lowest BCUT2D eigenvalue weighted by molar-refractivity contribution is 0.0957. The van der Waals surface area contributed by atoms with Crippen molar-refractivity contribution in [2.45, 2.75) is 24.3 Å². The van der Waals surface area contributed by atoms with Gasteiger partial charge in [-0.15, -0.1) is 11.3 Å². The van der Waals surface area contributed by atoms with Crippen molar-refractivity contribution in [3.63, 3.8) is 0 Å². The summed E-state index contributed by atoms with van der Waals surface area (Å²) in [6, 6.07) is 4.82. The third-order valence-corrected chi connectivity index (χ3v) is 5.60. The number of fused-ring (bicyclic) bond motifs is 1. The predicted octanol–water partition coefficient (Wildman–Crippen LogP) is 2.65. The van der Waals surface area contributed by atoms with Crippen LogP contribution in [0, 0.1) is 5.82 Å². The molecule has 0 spiro atoms. The summed E-state index contributed by atoms with van der Waals surface area (Å²) in [6.45, 7) is 2.11. The first-order chi connectivity index (χ1) is 10.1. The zero-order valence-corrected chi connectivity index (χ0v) is 13.2. The largest absolute Gasteiger partial charge is 0.396 e. The Kier molecular flexibility index (Phi) is 5.58. The van der Waals surface area contributed by atoms with E-state index in [1.165, 1.54) is 17.4 Å². The van der Waals surface area contributed by atoms with Gasteiger partial charge in [0.1, 0.15) is 5.82 Å². The van der Waals surface area contributed by atoms with E-state index in [2.05, 4.69) is 5.43 Å². The van der Waals surface area contributed by atoms with Crippen LogP contribution in [0.3, 0.4) is 0 Å².